The van der Waals surface area contributed by atoms with Gasteiger partial charge in [0.25, 0.3) is 0 Å². The second-order valence-electron chi connectivity index (χ2n) is 4.81. The molecule has 2 aliphatic rings. The molecule has 1 saturated carbocycles. The van der Waals surface area contributed by atoms with Gasteiger partial charge < -0.3 is 15.2 Å². The fraction of sp³-hybridized carbons (Fsp3) is 0.818. The minimum absolute atomic E-state index is 0.136. The maximum Gasteiger partial charge on any atom is 0.326 e. The fourth-order valence-corrected chi connectivity index (χ4v) is 2.98. The fourth-order valence-electron chi connectivity index (χ4n) is 2.98. The summed E-state index contributed by atoms with van der Waals surface area (Å²) in [5, 5.41) is 11.7. The van der Waals surface area contributed by atoms with Gasteiger partial charge in [-0.2, -0.15) is 0 Å². The predicted octanol–water partition coefficient (Wildman–Crippen LogP) is 0.535. The van der Waals surface area contributed by atoms with E-state index in [0.717, 1.165) is 25.7 Å². The van der Waals surface area contributed by atoms with E-state index in [9.17, 15) is 9.59 Å². The van der Waals surface area contributed by atoms with Crippen molar-refractivity contribution in [3.05, 3.63) is 0 Å². The molecule has 1 spiro atoms. The lowest BCUT2D eigenvalue weighted by molar-refractivity contribution is -0.143. The Kier molecular flexibility index (Phi) is 2.88. The average Bonchev–Trinajstić information content (AvgIpc) is 2.57. The SMILES string of the molecule is COC1CCC2(CC1)CC(=O)NC2C(=O)O. The highest BCUT2D eigenvalue weighted by molar-refractivity contribution is 5.89. The Morgan fingerprint density at radius 1 is 1.50 bits per heavy atom. The molecule has 0 aromatic rings. The Balaban J connectivity index is 2.12. The molecule has 1 aliphatic carbocycles. The number of amides is 1. The van der Waals surface area contributed by atoms with E-state index < -0.39 is 12.0 Å². The van der Waals surface area contributed by atoms with Gasteiger partial charge in [-0.3, -0.25) is 4.79 Å². The smallest absolute Gasteiger partial charge is 0.326 e. The van der Waals surface area contributed by atoms with E-state index in [-0.39, 0.29) is 17.4 Å². The minimum Gasteiger partial charge on any atom is -0.480 e. The first-order chi connectivity index (χ1) is 7.57. The number of carboxylic acid groups (broad SMARTS) is 1. The average molecular weight is 227 g/mol. The Morgan fingerprint density at radius 3 is 2.62 bits per heavy atom. The number of carboxylic acids is 1. The molecule has 1 atom stereocenters. The molecular weight excluding hydrogens is 210 g/mol. The lowest BCUT2D eigenvalue weighted by Crippen LogP contribution is -2.46. The highest BCUT2D eigenvalue weighted by Crippen LogP contribution is 2.45. The van der Waals surface area contributed by atoms with Crippen molar-refractivity contribution in [3.8, 4) is 0 Å². The van der Waals surface area contributed by atoms with E-state index >= 15 is 0 Å². The number of carbonyl (C=O) groups excluding carboxylic acids is 1. The van der Waals surface area contributed by atoms with Crippen LogP contribution in [0.3, 0.4) is 0 Å². The van der Waals surface area contributed by atoms with Gasteiger partial charge >= 0.3 is 5.97 Å². The molecule has 1 aliphatic heterocycles. The summed E-state index contributed by atoms with van der Waals surface area (Å²) < 4.78 is 5.26. The first-order valence-electron chi connectivity index (χ1n) is 5.62. The van der Waals surface area contributed by atoms with Crippen molar-refractivity contribution in [2.24, 2.45) is 5.41 Å². The molecule has 90 valence electrons. The van der Waals surface area contributed by atoms with E-state index in [2.05, 4.69) is 5.32 Å². The van der Waals surface area contributed by atoms with Crippen molar-refractivity contribution in [2.45, 2.75) is 44.2 Å². The maximum absolute atomic E-state index is 11.4. The van der Waals surface area contributed by atoms with Gasteiger partial charge in [-0.05, 0) is 25.7 Å². The number of nitrogens with one attached hydrogen (secondary N) is 1. The molecule has 16 heavy (non-hydrogen) atoms. The van der Waals surface area contributed by atoms with Gasteiger partial charge in [-0.1, -0.05) is 0 Å². The second kappa shape index (κ2) is 4.05. The molecular formula is C11H17NO4. The van der Waals surface area contributed by atoms with Crippen LogP contribution in [-0.2, 0) is 14.3 Å². The van der Waals surface area contributed by atoms with Crippen molar-refractivity contribution in [1.82, 2.24) is 5.32 Å². The molecule has 2 N–H and O–H groups in total. The van der Waals surface area contributed by atoms with E-state index in [1.807, 2.05) is 0 Å². The van der Waals surface area contributed by atoms with Gasteiger partial charge in [0.05, 0.1) is 6.10 Å². The monoisotopic (exact) mass is 227 g/mol. The number of aliphatic carboxylic acids is 1. The zero-order valence-electron chi connectivity index (χ0n) is 9.36. The van der Waals surface area contributed by atoms with Gasteiger partial charge in [0.1, 0.15) is 6.04 Å². The molecule has 5 heteroatoms. The van der Waals surface area contributed by atoms with Crippen LogP contribution < -0.4 is 5.32 Å². The third-order valence-corrected chi connectivity index (χ3v) is 3.94. The summed E-state index contributed by atoms with van der Waals surface area (Å²) >= 11 is 0. The first kappa shape index (κ1) is 11.4. The van der Waals surface area contributed by atoms with Crippen LogP contribution in [0.25, 0.3) is 0 Å². The summed E-state index contributed by atoms with van der Waals surface area (Å²) in [5.74, 6) is -1.05. The van der Waals surface area contributed by atoms with Crippen LogP contribution in [-0.4, -0.2) is 36.2 Å². The van der Waals surface area contributed by atoms with E-state index in [1.54, 1.807) is 7.11 Å². The summed E-state index contributed by atoms with van der Waals surface area (Å²) in [4.78, 5) is 22.5. The maximum atomic E-state index is 11.4. The van der Waals surface area contributed by atoms with Crippen LogP contribution in [0.4, 0.5) is 0 Å². The van der Waals surface area contributed by atoms with Crippen LogP contribution in [0, 0.1) is 5.41 Å². The standard InChI is InChI=1S/C11H17NO4/c1-16-7-2-4-11(5-3-7)6-8(13)12-9(11)10(14)15/h7,9H,2-6H2,1H3,(H,12,13)(H,14,15). The molecule has 1 heterocycles. The molecule has 0 aromatic carbocycles. The van der Waals surface area contributed by atoms with Gasteiger partial charge in [0, 0.05) is 18.9 Å². The number of methoxy groups -OCH3 is 1. The number of rotatable bonds is 2. The van der Waals surface area contributed by atoms with Gasteiger partial charge in [-0.15, -0.1) is 0 Å². The van der Waals surface area contributed by atoms with Crippen molar-refractivity contribution in [1.29, 1.82) is 0 Å². The predicted molar refractivity (Wildman–Crippen MR) is 55.9 cm³/mol. The normalized spacial score (nSPS) is 38.7. The molecule has 0 aromatic heterocycles. The van der Waals surface area contributed by atoms with Gasteiger partial charge in [0.15, 0.2) is 0 Å². The molecule has 1 unspecified atom stereocenters. The molecule has 2 fully saturated rings. The minimum atomic E-state index is -0.915. The van der Waals surface area contributed by atoms with Crippen molar-refractivity contribution >= 4 is 11.9 Å². The number of hydrogen-bond acceptors (Lipinski definition) is 3. The zero-order valence-corrected chi connectivity index (χ0v) is 9.36. The quantitative estimate of drug-likeness (QED) is 0.721. The topological polar surface area (TPSA) is 75.6 Å². The van der Waals surface area contributed by atoms with E-state index in [0.29, 0.717) is 6.42 Å². The molecule has 2 rings (SSSR count). The lowest BCUT2D eigenvalue weighted by Gasteiger charge is -2.38. The molecule has 1 saturated heterocycles. The van der Waals surface area contributed by atoms with Gasteiger partial charge in [-0.25, -0.2) is 4.79 Å². The zero-order chi connectivity index (χ0) is 11.8. The highest BCUT2D eigenvalue weighted by Gasteiger charge is 2.51. The Labute approximate surface area is 94.2 Å². The second-order valence-corrected chi connectivity index (χ2v) is 4.81. The van der Waals surface area contributed by atoms with Crippen molar-refractivity contribution in [2.75, 3.05) is 7.11 Å². The van der Waals surface area contributed by atoms with Crippen LogP contribution in [0.2, 0.25) is 0 Å². The van der Waals surface area contributed by atoms with E-state index in [4.69, 9.17) is 9.84 Å². The third kappa shape index (κ3) is 1.80. The number of hydrogen-bond donors (Lipinski definition) is 2. The number of ether oxygens (including phenoxy) is 1. The lowest BCUT2D eigenvalue weighted by atomic mass is 9.68. The number of carbonyl (C=O) groups is 2. The first-order valence-corrected chi connectivity index (χ1v) is 5.62. The van der Waals surface area contributed by atoms with Crippen molar-refractivity contribution < 1.29 is 19.4 Å². The summed E-state index contributed by atoms with van der Waals surface area (Å²) in [6, 6.07) is -0.710. The third-order valence-electron chi connectivity index (χ3n) is 3.94. The van der Waals surface area contributed by atoms with Crippen LogP contribution in [0.15, 0.2) is 0 Å². The van der Waals surface area contributed by atoms with Crippen LogP contribution in [0.5, 0.6) is 0 Å². The summed E-state index contributed by atoms with van der Waals surface area (Å²) in [6.45, 7) is 0. The van der Waals surface area contributed by atoms with Crippen LogP contribution in [0.1, 0.15) is 32.1 Å². The summed E-state index contributed by atoms with van der Waals surface area (Å²) in [6.07, 6.45) is 3.75. The molecule has 5 nitrogen and oxygen atoms in total. The van der Waals surface area contributed by atoms with E-state index in [1.165, 1.54) is 0 Å². The highest BCUT2D eigenvalue weighted by atomic mass is 16.5. The van der Waals surface area contributed by atoms with Crippen LogP contribution >= 0.6 is 0 Å². The van der Waals surface area contributed by atoms with Crippen molar-refractivity contribution in [3.63, 3.8) is 0 Å². The summed E-state index contributed by atoms with van der Waals surface area (Å²) in [5.41, 5.74) is -0.377. The summed E-state index contributed by atoms with van der Waals surface area (Å²) in [7, 11) is 1.68. The Hall–Kier alpha value is -1.10. The largest absolute Gasteiger partial charge is 0.480 e. The Bertz CT molecular complexity index is 307. The Morgan fingerprint density at radius 2 is 2.12 bits per heavy atom. The molecule has 0 radical (unpaired) electrons. The van der Waals surface area contributed by atoms with Gasteiger partial charge in [0.2, 0.25) is 5.91 Å². The molecule has 0 bridgehead atoms. The molecule has 1 amide bonds.